The number of piperidine rings is 1. The molecule has 4 heterocycles. The van der Waals surface area contributed by atoms with Gasteiger partial charge in [0, 0.05) is 36.8 Å². The molecule has 0 aliphatic carbocycles. The molecule has 0 spiro atoms. The van der Waals surface area contributed by atoms with Gasteiger partial charge in [-0.2, -0.15) is 9.57 Å². The zero-order valence-electron chi connectivity index (χ0n) is 17.5. The van der Waals surface area contributed by atoms with Crippen LogP contribution in [0.25, 0.3) is 0 Å². The van der Waals surface area contributed by atoms with Crippen molar-refractivity contribution in [2.45, 2.75) is 23.1 Å². The molecule has 2 aromatic heterocycles. The summed E-state index contributed by atoms with van der Waals surface area (Å²) in [5.41, 5.74) is 1.47. The van der Waals surface area contributed by atoms with E-state index in [4.69, 9.17) is 5.26 Å². The number of aromatic nitrogens is 1. The summed E-state index contributed by atoms with van der Waals surface area (Å²) in [5, 5.41) is 13.3. The Labute approximate surface area is 194 Å². The second-order valence-corrected chi connectivity index (χ2v) is 11.4. The SMILES string of the molecule is N#Cc1ccc(C(=O)Nc2ccc3n(c2=O)CC2CC3CN(S(=O)(=O)c3cccs3)C2)cc1. The molecule has 5 rings (SSSR count). The summed E-state index contributed by atoms with van der Waals surface area (Å²) in [4.78, 5) is 25.7. The zero-order chi connectivity index (χ0) is 23.2. The summed E-state index contributed by atoms with van der Waals surface area (Å²) in [6.07, 6.45) is 0.826. The fourth-order valence-corrected chi connectivity index (χ4v) is 7.33. The number of hydrogen-bond donors (Lipinski definition) is 1. The van der Waals surface area contributed by atoms with E-state index >= 15 is 0 Å². The van der Waals surface area contributed by atoms with Crippen molar-refractivity contribution in [3.05, 3.63) is 81.1 Å². The average molecular weight is 481 g/mol. The minimum atomic E-state index is -3.55. The van der Waals surface area contributed by atoms with Crippen molar-refractivity contribution in [2.75, 3.05) is 18.4 Å². The molecule has 1 amide bonds. The normalized spacial score (nSPS) is 20.0. The van der Waals surface area contributed by atoms with E-state index in [1.165, 1.54) is 27.8 Å². The molecule has 8 nitrogen and oxygen atoms in total. The number of amides is 1. The smallest absolute Gasteiger partial charge is 0.274 e. The summed E-state index contributed by atoms with van der Waals surface area (Å²) >= 11 is 1.21. The number of carbonyl (C=O) groups is 1. The highest BCUT2D eigenvalue weighted by Gasteiger charge is 2.40. The lowest BCUT2D eigenvalue weighted by atomic mass is 9.84. The van der Waals surface area contributed by atoms with Crippen LogP contribution in [0.4, 0.5) is 5.69 Å². The van der Waals surface area contributed by atoms with Gasteiger partial charge in [-0.05, 0) is 60.2 Å². The molecule has 0 saturated carbocycles. The number of anilines is 1. The first kappa shape index (κ1) is 21.6. The van der Waals surface area contributed by atoms with Gasteiger partial charge in [0.2, 0.25) is 0 Å². The number of fused-ring (bicyclic) bond motifs is 4. The van der Waals surface area contributed by atoms with E-state index < -0.39 is 15.9 Å². The van der Waals surface area contributed by atoms with Gasteiger partial charge in [-0.15, -0.1) is 11.3 Å². The number of hydrogen-bond acceptors (Lipinski definition) is 6. The van der Waals surface area contributed by atoms with Gasteiger partial charge in [0.15, 0.2) is 0 Å². The summed E-state index contributed by atoms with van der Waals surface area (Å²) in [7, 11) is -3.55. The molecular weight excluding hydrogens is 460 g/mol. The lowest BCUT2D eigenvalue weighted by Gasteiger charge is -2.42. The third kappa shape index (κ3) is 3.88. The molecule has 2 bridgehead atoms. The topological polar surface area (TPSA) is 112 Å². The molecule has 1 N–H and O–H groups in total. The number of pyridine rings is 1. The van der Waals surface area contributed by atoms with Gasteiger partial charge in [-0.1, -0.05) is 6.07 Å². The summed E-state index contributed by atoms with van der Waals surface area (Å²) in [6.45, 7) is 1.10. The fourth-order valence-electron chi connectivity index (χ4n) is 4.62. The standard InChI is InChI=1S/C23H20N4O4S2/c24-11-15-3-5-17(6-4-15)22(28)25-19-7-8-20-18-10-16(13-27(20)23(19)29)12-26(14-18)33(30,31)21-2-1-9-32-21/h1-9,16,18H,10,12-14H2,(H,25,28). The molecule has 2 aliphatic rings. The number of thiophene rings is 1. The van der Waals surface area contributed by atoms with Gasteiger partial charge in [-0.3, -0.25) is 9.59 Å². The zero-order valence-corrected chi connectivity index (χ0v) is 19.1. The molecule has 2 unspecified atom stereocenters. The van der Waals surface area contributed by atoms with Crippen LogP contribution in [-0.4, -0.2) is 36.3 Å². The molecular formula is C23H20N4O4S2. The number of nitrogens with zero attached hydrogens (tertiary/aromatic N) is 3. The van der Waals surface area contributed by atoms with Gasteiger partial charge in [0.25, 0.3) is 21.5 Å². The molecule has 1 saturated heterocycles. The monoisotopic (exact) mass is 480 g/mol. The van der Waals surface area contributed by atoms with Gasteiger partial charge >= 0.3 is 0 Å². The fraction of sp³-hybridized carbons (Fsp3) is 0.261. The van der Waals surface area contributed by atoms with E-state index in [1.54, 1.807) is 46.3 Å². The number of carbonyl (C=O) groups excluding carboxylic acids is 1. The van der Waals surface area contributed by atoms with Crippen LogP contribution in [0.3, 0.4) is 0 Å². The lowest BCUT2D eigenvalue weighted by Crippen LogP contribution is -2.49. The molecule has 1 aromatic carbocycles. The van der Waals surface area contributed by atoms with E-state index in [9.17, 15) is 18.0 Å². The van der Waals surface area contributed by atoms with Crippen molar-refractivity contribution in [3.8, 4) is 6.07 Å². The van der Waals surface area contributed by atoms with Crippen molar-refractivity contribution in [1.29, 1.82) is 5.26 Å². The Hall–Kier alpha value is -3.26. The molecule has 33 heavy (non-hydrogen) atoms. The van der Waals surface area contributed by atoms with Crippen molar-refractivity contribution in [1.82, 2.24) is 8.87 Å². The predicted molar refractivity (Wildman–Crippen MR) is 124 cm³/mol. The Balaban J connectivity index is 1.39. The van der Waals surface area contributed by atoms with Crippen LogP contribution in [0.2, 0.25) is 0 Å². The molecule has 1 fully saturated rings. The lowest BCUT2D eigenvalue weighted by molar-refractivity contribution is 0.102. The van der Waals surface area contributed by atoms with E-state index in [1.807, 2.05) is 6.07 Å². The van der Waals surface area contributed by atoms with Crippen molar-refractivity contribution < 1.29 is 13.2 Å². The van der Waals surface area contributed by atoms with E-state index in [0.29, 0.717) is 35.0 Å². The van der Waals surface area contributed by atoms with Gasteiger partial charge in [0.05, 0.1) is 11.6 Å². The van der Waals surface area contributed by atoms with Crippen LogP contribution in [0.1, 0.15) is 34.0 Å². The Morgan fingerprint density at radius 2 is 1.88 bits per heavy atom. The maximum atomic E-state index is 13.2. The third-order valence-corrected chi connectivity index (χ3v) is 9.39. The number of rotatable bonds is 4. The van der Waals surface area contributed by atoms with Gasteiger partial charge in [-0.25, -0.2) is 8.42 Å². The van der Waals surface area contributed by atoms with Gasteiger partial charge in [0.1, 0.15) is 9.90 Å². The van der Waals surface area contributed by atoms with Crippen LogP contribution in [0.15, 0.2) is 62.9 Å². The summed E-state index contributed by atoms with van der Waals surface area (Å²) < 4.78 is 29.6. The number of sulfonamides is 1. The van der Waals surface area contributed by atoms with E-state index in [0.717, 1.165) is 12.1 Å². The van der Waals surface area contributed by atoms with Gasteiger partial charge < -0.3 is 9.88 Å². The van der Waals surface area contributed by atoms with E-state index in [2.05, 4.69) is 5.32 Å². The van der Waals surface area contributed by atoms with Crippen LogP contribution < -0.4 is 10.9 Å². The number of benzene rings is 1. The van der Waals surface area contributed by atoms with Crippen molar-refractivity contribution in [2.24, 2.45) is 5.92 Å². The molecule has 2 atom stereocenters. The number of nitrogens with one attached hydrogen (secondary N) is 1. The highest BCUT2D eigenvalue weighted by atomic mass is 32.2. The first-order chi connectivity index (χ1) is 15.9. The highest BCUT2D eigenvalue weighted by molar-refractivity contribution is 7.91. The van der Waals surface area contributed by atoms with Crippen molar-refractivity contribution in [3.63, 3.8) is 0 Å². The average Bonchev–Trinajstić information content (AvgIpc) is 3.37. The third-order valence-electron chi connectivity index (χ3n) is 6.18. The van der Waals surface area contributed by atoms with Crippen LogP contribution in [0.5, 0.6) is 0 Å². The second kappa shape index (κ2) is 8.26. The maximum Gasteiger partial charge on any atom is 0.274 e. The Morgan fingerprint density at radius 3 is 2.58 bits per heavy atom. The second-order valence-electron chi connectivity index (χ2n) is 8.28. The summed E-state index contributed by atoms with van der Waals surface area (Å²) in [6, 6.07) is 14.9. The Bertz CT molecular complexity index is 1420. The van der Waals surface area contributed by atoms with Crippen LogP contribution >= 0.6 is 11.3 Å². The van der Waals surface area contributed by atoms with Crippen LogP contribution in [-0.2, 0) is 16.6 Å². The number of nitriles is 1. The molecule has 3 aromatic rings. The molecule has 2 aliphatic heterocycles. The summed E-state index contributed by atoms with van der Waals surface area (Å²) in [5.74, 6) is -0.488. The van der Waals surface area contributed by atoms with Crippen LogP contribution in [0, 0.1) is 17.2 Å². The van der Waals surface area contributed by atoms with Crippen molar-refractivity contribution >= 4 is 33.0 Å². The first-order valence-corrected chi connectivity index (χ1v) is 12.8. The predicted octanol–water partition coefficient (Wildman–Crippen LogP) is 2.84. The Kier molecular flexibility index (Phi) is 5.40. The Morgan fingerprint density at radius 1 is 1.09 bits per heavy atom. The molecule has 10 heteroatoms. The minimum Gasteiger partial charge on any atom is -0.317 e. The maximum absolute atomic E-state index is 13.2. The van der Waals surface area contributed by atoms with E-state index in [-0.39, 0.29) is 23.1 Å². The molecule has 168 valence electrons. The minimum absolute atomic E-state index is 0.0214. The quantitative estimate of drug-likeness (QED) is 0.617. The molecule has 0 radical (unpaired) electrons. The largest absolute Gasteiger partial charge is 0.317 e. The first-order valence-electron chi connectivity index (χ1n) is 10.5. The highest BCUT2D eigenvalue weighted by Crippen LogP contribution is 2.38.